The average Bonchev–Trinajstić information content (AvgIpc) is 2.38. The molecule has 0 saturated heterocycles. The Morgan fingerprint density at radius 3 is 2.05 bits per heavy atom. The van der Waals surface area contributed by atoms with Crippen molar-refractivity contribution in [2.75, 3.05) is 6.54 Å². The predicted octanol–water partition coefficient (Wildman–Crippen LogP) is -1.48. The number of rotatable bonds is 9. The number of aliphatic carboxylic acids is 2. The van der Waals surface area contributed by atoms with Gasteiger partial charge in [0.25, 0.3) is 0 Å². The van der Waals surface area contributed by atoms with Crippen molar-refractivity contribution in [3.8, 4) is 0 Å². The number of carboxylic acids is 2. The monoisotopic (exact) mass is 303 g/mol. The van der Waals surface area contributed by atoms with E-state index in [4.69, 9.17) is 15.9 Å². The highest BCUT2D eigenvalue weighted by Crippen LogP contribution is 2.04. The molecule has 9 heteroatoms. The van der Waals surface area contributed by atoms with Crippen LogP contribution in [0.5, 0.6) is 0 Å². The Morgan fingerprint density at radius 1 is 1.10 bits per heavy atom. The Balaban J connectivity index is 4.79. The molecule has 0 unspecified atom stereocenters. The van der Waals surface area contributed by atoms with Gasteiger partial charge in [-0.1, -0.05) is 13.8 Å². The number of carboxylic acid groups (broad SMARTS) is 2. The second-order valence-electron chi connectivity index (χ2n) is 4.83. The summed E-state index contributed by atoms with van der Waals surface area (Å²) >= 11 is 0. The number of hydrogen-bond donors (Lipinski definition) is 5. The van der Waals surface area contributed by atoms with E-state index in [1.165, 1.54) is 0 Å². The lowest BCUT2D eigenvalue weighted by Crippen LogP contribution is -2.54. The summed E-state index contributed by atoms with van der Waals surface area (Å²) in [5.74, 6) is -4.01. The SMILES string of the molecule is CC(C)[C@H](NC(=O)CN)C(=O)N[C@@H](CCC(=O)O)C(=O)O. The molecule has 21 heavy (non-hydrogen) atoms. The summed E-state index contributed by atoms with van der Waals surface area (Å²) in [6, 6.07) is -2.27. The van der Waals surface area contributed by atoms with Gasteiger partial charge in [0, 0.05) is 6.42 Å². The molecule has 6 N–H and O–H groups in total. The molecule has 0 aromatic heterocycles. The smallest absolute Gasteiger partial charge is 0.326 e. The van der Waals surface area contributed by atoms with Crippen LogP contribution in [-0.2, 0) is 19.2 Å². The highest BCUT2D eigenvalue weighted by Gasteiger charge is 2.28. The number of carbonyl (C=O) groups excluding carboxylic acids is 2. The van der Waals surface area contributed by atoms with E-state index >= 15 is 0 Å². The van der Waals surface area contributed by atoms with Gasteiger partial charge < -0.3 is 26.6 Å². The third-order valence-corrected chi connectivity index (χ3v) is 2.71. The summed E-state index contributed by atoms with van der Waals surface area (Å²) in [5.41, 5.74) is 5.15. The van der Waals surface area contributed by atoms with Crippen LogP contribution in [-0.4, -0.2) is 52.6 Å². The molecule has 0 rings (SSSR count). The Bertz CT molecular complexity index is 410. The summed E-state index contributed by atoms with van der Waals surface area (Å²) in [6.07, 6.45) is -0.634. The van der Waals surface area contributed by atoms with Gasteiger partial charge in [0.15, 0.2) is 0 Å². The van der Waals surface area contributed by atoms with Crippen LogP contribution >= 0.6 is 0 Å². The number of carbonyl (C=O) groups is 4. The fourth-order valence-electron chi connectivity index (χ4n) is 1.55. The molecule has 2 amide bonds. The van der Waals surface area contributed by atoms with Gasteiger partial charge in [0.05, 0.1) is 6.54 Å². The van der Waals surface area contributed by atoms with Gasteiger partial charge in [-0.25, -0.2) is 4.79 Å². The fraction of sp³-hybridized carbons (Fsp3) is 0.667. The molecule has 2 atom stereocenters. The van der Waals surface area contributed by atoms with Crippen LogP contribution in [0.3, 0.4) is 0 Å². The third kappa shape index (κ3) is 7.25. The Labute approximate surface area is 121 Å². The summed E-state index contributed by atoms with van der Waals surface area (Å²) in [6.45, 7) is 3.06. The summed E-state index contributed by atoms with van der Waals surface area (Å²) in [7, 11) is 0. The van der Waals surface area contributed by atoms with Crippen molar-refractivity contribution >= 4 is 23.8 Å². The van der Waals surface area contributed by atoms with Crippen LogP contribution in [0.25, 0.3) is 0 Å². The topological polar surface area (TPSA) is 159 Å². The van der Waals surface area contributed by atoms with Gasteiger partial charge in [-0.2, -0.15) is 0 Å². The third-order valence-electron chi connectivity index (χ3n) is 2.71. The van der Waals surface area contributed by atoms with Crippen molar-refractivity contribution in [1.29, 1.82) is 0 Å². The molecular formula is C12H21N3O6. The first-order valence-electron chi connectivity index (χ1n) is 6.43. The van der Waals surface area contributed by atoms with Crippen molar-refractivity contribution in [1.82, 2.24) is 10.6 Å². The minimum Gasteiger partial charge on any atom is -0.481 e. The molecule has 0 aliphatic rings. The Morgan fingerprint density at radius 2 is 1.67 bits per heavy atom. The molecular weight excluding hydrogens is 282 g/mol. The van der Waals surface area contributed by atoms with Crippen molar-refractivity contribution in [2.24, 2.45) is 11.7 Å². The Kier molecular flexibility index (Phi) is 7.99. The highest BCUT2D eigenvalue weighted by molar-refractivity contribution is 5.91. The van der Waals surface area contributed by atoms with Crippen LogP contribution < -0.4 is 16.4 Å². The lowest BCUT2D eigenvalue weighted by Gasteiger charge is -2.23. The predicted molar refractivity (Wildman–Crippen MR) is 72.3 cm³/mol. The van der Waals surface area contributed by atoms with E-state index in [0.717, 1.165) is 0 Å². The standard InChI is InChI=1S/C12H21N3O6/c1-6(2)10(15-8(16)5-13)11(19)14-7(12(20)21)3-4-9(17)18/h6-7,10H,3-5,13H2,1-2H3,(H,14,19)(H,15,16)(H,17,18)(H,20,21)/t7-,10-/m0/s1. The van der Waals surface area contributed by atoms with E-state index in [1.807, 2.05) is 0 Å². The molecule has 0 heterocycles. The maximum atomic E-state index is 12.0. The largest absolute Gasteiger partial charge is 0.481 e. The number of nitrogens with two attached hydrogens (primary N) is 1. The van der Waals surface area contributed by atoms with Crippen molar-refractivity contribution < 1.29 is 29.4 Å². The molecule has 0 spiro atoms. The van der Waals surface area contributed by atoms with Crippen LogP contribution in [0.1, 0.15) is 26.7 Å². The second-order valence-corrected chi connectivity index (χ2v) is 4.83. The normalized spacial score (nSPS) is 13.3. The lowest BCUT2D eigenvalue weighted by atomic mass is 10.0. The molecule has 9 nitrogen and oxygen atoms in total. The summed E-state index contributed by atoms with van der Waals surface area (Å²) < 4.78 is 0. The van der Waals surface area contributed by atoms with E-state index in [-0.39, 0.29) is 18.9 Å². The highest BCUT2D eigenvalue weighted by atomic mass is 16.4. The molecule has 0 saturated carbocycles. The van der Waals surface area contributed by atoms with E-state index < -0.39 is 42.3 Å². The van der Waals surface area contributed by atoms with Gasteiger partial charge in [0.1, 0.15) is 12.1 Å². The molecule has 0 aliphatic carbocycles. The first-order chi connectivity index (χ1) is 9.68. The quantitative estimate of drug-likeness (QED) is 0.347. The van der Waals surface area contributed by atoms with E-state index in [9.17, 15) is 19.2 Å². The minimum atomic E-state index is -1.34. The van der Waals surface area contributed by atoms with Gasteiger partial charge >= 0.3 is 11.9 Å². The van der Waals surface area contributed by atoms with Crippen LogP contribution in [0.4, 0.5) is 0 Å². The molecule has 0 aromatic carbocycles. The van der Waals surface area contributed by atoms with Crippen molar-refractivity contribution in [2.45, 2.75) is 38.8 Å². The van der Waals surface area contributed by atoms with E-state index in [1.54, 1.807) is 13.8 Å². The van der Waals surface area contributed by atoms with Gasteiger partial charge in [-0.3, -0.25) is 14.4 Å². The molecule has 120 valence electrons. The molecule has 0 fully saturated rings. The van der Waals surface area contributed by atoms with Crippen LogP contribution in [0.15, 0.2) is 0 Å². The first kappa shape index (κ1) is 18.8. The Hall–Kier alpha value is -2.16. The van der Waals surface area contributed by atoms with E-state index in [2.05, 4.69) is 10.6 Å². The number of hydrogen-bond acceptors (Lipinski definition) is 5. The maximum absolute atomic E-state index is 12.0. The van der Waals surface area contributed by atoms with Crippen LogP contribution in [0.2, 0.25) is 0 Å². The second kappa shape index (κ2) is 8.90. The zero-order valence-corrected chi connectivity index (χ0v) is 12.0. The van der Waals surface area contributed by atoms with Gasteiger partial charge in [-0.05, 0) is 12.3 Å². The summed E-state index contributed by atoms with van der Waals surface area (Å²) in [5, 5.41) is 22.1. The lowest BCUT2D eigenvalue weighted by molar-refractivity contribution is -0.143. The minimum absolute atomic E-state index is 0.244. The zero-order valence-electron chi connectivity index (χ0n) is 12.0. The number of amides is 2. The van der Waals surface area contributed by atoms with Crippen molar-refractivity contribution in [3.63, 3.8) is 0 Å². The number of nitrogens with one attached hydrogen (secondary N) is 2. The molecule has 0 bridgehead atoms. The van der Waals surface area contributed by atoms with Gasteiger partial charge in [0.2, 0.25) is 11.8 Å². The molecule has 0 radical (unpaired) electrons. The van der Waals surface area contributed by atoms with E-state index in [0.29, 0.717) is 0 Å². The maximum Gasteiger partial charge on any atom is 0.326 e. The molecule has 0 aliphatic heterocycles. The van der Waals surface area contributed by atoms with Gasteiger partial charge in [-0.15, -0.1) is 0 Å². The van der Waals surface area contributed by atoms with Crippen LogP contribution in [0, 0.1) is 5.92 Å². The molecule has 0 aromatic rings. The average molecular weight is 303 g/mol. The zero-order chi connectivity index (χ0) is 16.6. The summed E-state index contributed by atoms with van der Waals surface area (Å²) in [4.78, 5) is 44.7. The fourth-order valence-corrected chi connectivity index (χ4v) is 1.55. The first-order valence-corrected chi connectivity index (χ1v) is 6.43. The van der Waals surface area contributed by atoms with Crippen molar-refractivity contribution in [3.05, 3.63) is 0 Å².